The Bertz CT molecular complexity index is 475. The van der Waals surface area contributed by atoms with Crippen LogP contribution in [0.25, 0.3) is 0 Å². The molecule has 0 aliphatic heterocycles. The number of hydrogen-bond acceptors (Lipinski definition) is 2. The van der Waals surface area contributed by atoms with Crippen molar-refractivity contribution in [2.24, 2.45) is 22.7 Å². The lowest BCUT2D eigenvalue weighted by Crippen LogP contribution is -2.52. The third kappa shape index (κ3) is 3.67. The molecule has 0 bridgehead atoms. The maximum Gasteiger partial charge on any atom is 0.191 e. The fourth-order valence-corrected chi connectivity index (χ4v) is 6.33. The molecule has 2 aliphatic rings. The Balaban J connectivity index is 2.09. The van der Waals surface area contributed by atoms with Crippen molar-refractivity contribution in [1.82, 2.24) is 0 Å². The van der Waals surface area contributed by atoms with Crippen LogP contribution in [0.2, 0.25) is 18.1 Å². The Hall–Kier alpha value is -0.153. The van der Waals surface area contributed by atoms with E-state index < -0.39 is 8.32 Å². The van der Waals surface area contributed by atoms with Crippen LogP contribution in [-0.2, 0) is 9.22 Å². The van der Waals surface area contributed by atoms with Crippen LogP contribution in [0, 0.1) is 22.7 Å². The van der Waals surface area contributed by atoms with Gasteiger partial charge in [0.25, 0.3) is 0 Å². The molecule has 0 aromatic rings. The lowest BCUT2D eigenvalue weighted by Gasteiger charge is -2.56. The summed E-state index contributed by atoms with van der Waals surface area (Å²) in [6.07, 6.45) is 6.61. The summed E-state index contributed by atoms with van der Waals surface area (Å²) < 4.78 is 6.41. The number of Topliss-reactive ketones (excluding diaryl/α,β-unsaturated/α-hetero) is 1. The van der Waals surface area contributed by atoms with Gasteiger partial charge < -0.3 is 4.43 Å². The van der Waals surface area contributed by atoms with Gasteiger partial charge in [0, 0.05) is 18.9 Å². The molecule has 0 saturated heterocycles. The third-order valence-electron chi connectivity index (χ3n) is 7.82. The Morgan fingerprint density at radius 1 is 1.17 bits per heavy atom. The van der Waals surface area contributed by atoms with E-state index in [2.05, 4.69) is 54.6 Å². The molecule has 0 amide bonds. The van der Waals surface area contributed by atoms with E-state index in [0.717, 1.165) is 25.9 Å². The molecule has 140 valence electrons. The largest absolute Gasteiger partial charge is 0.417 e. The molecule has 0 aromatic carbocycles. The maximum absolute atomic E-state index is 12.8. The summed E-state index contributed by atoms with van der Waals surface area (Å²) in [6, 6.07) is 0. The highest BCUT2D eigenvalue weighted by Gasteiger charge is 2.54. The molecule has 0 N–H and O–H groups in total. The van der Waals surface area contributed by atoms with Crippen LogP contribution in [0.5, 0.6) is 0 Å². The predicted octanol–water partition coefficient (Wildman–Crippen LogP) is 6.21. The van der Waals surface area contributed by atoms with Crippen LogP contribution >= 0.6 is 0 Å². The quantitative estimate of drug-likeness (QED) is 0.562. The van der Waals surface area contributed by atoms with Gasteiger partial charge in [-0.1, -0.05) is 48.0 Å². The minimum absolute atomic E-state index is 0.188. The first kappa shape index (κ1) is 20.2. The van der Waals surface area contributed by atoms with Gasteiger partial charge in [0.05, 0.1) is 0 Å². The molecule has 0 radical (unpaired) electrons. The molecule has 2 rings (SSSR count). The van der Waals surface area contributed by atoms with E-state index in [-0.39, 0.29) is 16.4 Å². The molecule has 3 atom stereocenters. The first-order valence-corrected chi connectivity index (χ1v) is 12.9. The van der Waals surface area contributed by atoms with E-state index in [1.54, 1.807) is 0 Å². The fraction of sp³-hybridized carbons (Fsp3) is 0.952. The van der Waals surface area contributed by atoms with Gasteiger partial charge in [0.1, 0.15) is 5.78 Å². The highest BCUT2D eigenvalue weighted by atomic mass is 28.4. The zero-order chi connectivity index (χ0) is 18.4. The van der Waals surface area contributed by atoms with Crippen molar-refractivity contribution in [3.05, 3.63) is 0 Å². The van der Waals surface area contributed by atoms with Crippen LogP contribution in [0.4, 0.5) is 0 Å². The molecule has 0 spiro atoms. The van der Waals surface area contributed by atoms with Gasteiger partial charge in [0.15, 0.2) is 8.32 Å². The zero-order valence-corrected chi connectivity index (χ0v) is 18.4. The Morgan fingerprint density at radius 3 is 2.38 bits per heavy atom. The van der Waals surface area contributed by atoms with Crippen molar-refractivity contribution in [3.63, 3.8) is 0 Å². The summed E-state index contributed by atoms with van der Waals surface area (Å²) in [4.78, 5) is 12.8. The first-order valence-electron chi connectivity index (χ1n) is 9.98. The van der Waals surface area contributed by atoms with Crippen molar-refractivity contribution in [1.29, 1.82) is 0 Å². The Morgan fingerprint density at radius 2 is 1.79 bits per heavy atom. The summed E-state index contributed by atoms with van der Waals surface area (Å²) in [5.74, 6) is 1.40. The second-order valence-electron chi connectivity index (χ2n) is 10.9. The van der Waals surface area contributed by atoms with Gasteiger partial charge in [0.2, 0.25) is 0 Å². The van der Waals surface area contributed by atoms with Crippen molar-refractivity contribution in [2.45, 2.75) is 98.2 Å². The second kappa shape index (κ2) is 6.54. The average Bonchev–Trinajstić information content (AvgIpc) is 2.39. The monoisotopic (exact) mass is 352 g/mol. The molecule has 2 aliphatic carbocycles. The first-order chi connectivity index (χ1) is 10.8. The zero-order valence-electron chi connectivity index (χ0n) is 17.4. The van der Waals surface area contributed by atoms with E-state index >= 15 is 0 Å². The minimum Gasteiger partial charge on any atom is -0.417 e. The number of fused-ring (bicyclic) bond motifs is 1. The van der Waals surface area contributed by atoms with E-state index in [1.165, 1.54) is 19.3 Å². The Labute approximate surface area is 151 Å². The van der Waals surface area contributed by atoms with Crippen molar-refractivity contribution < 1.29 is 9.22 Å². The van der Waals surface area contributed by atoms with Crippen molar-refractivity contribution in [2.75, 3.05) is 6.61 Å². The van der Waals surface area contributed by atoms with Crippen molar-refractivity contribution >= 4 is 14.1 Å². The summed E-state index contributed by atoms with van der Waals surface area (Å²) >= 11 is 0. The van der Waals surface area contributed by atoms with Crippen LogP contribution < -0.4 is 0 Å². The van der Waals surface area contributed by atoms with E-state index in [0.29, 0.717) is 17.1 Å². The number of hydrogen-bond donors (Lipinski definition) is 0. The summed E-state index contributed by atoms with van der Waals surface area (Å²) in [6.45, 7) is 19.5. The van der Waals surface area contributed by atoms with Gasteiger partial charge in [-0.3, -0.25) is 4.79 Å². The van der Waals surface area contributed by atoms with Gasteiger partial charge in [-0.25, -0.2) is 0 Å². The normalized spacial score (nSPS) is 34.1. The standard InChI is InChI=1S/C21H40O2Si/c1-19(2,3)24(7,8)23-15-12-16-17(22)10-11-18-20(4,5)13-9-14-21(16,18)6/h16,18H,9-15H2,1-8H3/t16-,18-,21+/m0/s1. The molecule has 2 saturated carbocycles. The SMILES string of the molecule is CC1(C)CCC[C@]2(C)[C@@H](CCO[Si](C)(C)C(C)(C)C)C(=O)CC[C@@H]12. The fourth-order valence-electron chi connectivity index (χ4n) is 5.27. The number of carbonyl (C=O) groups excluding carboxylic acids is 1. The van der Waals surface area contributed by atoms with Crippen LogP contribution in [-0.4, -0.2) is 20.7 Å². The van der Waals surface area contributed by atoms with E-state index in [9.17, 15) is 4.79 Å². The third-order valence-corrected chi connectivity index (χ3v) is 12.4. The van der Waals surface area contributed by atoms with Gasteiger partial charge >= 0.3 is 0 Å². The molecule has 3 heteroatoms. The van der Waals surface area contributed by atoms with Gasteiger partial charge in [-0.2, -0.15) is 0 Å². The summed E-state index contributed by atoms with van der Waals surface area (Å²) in [7, 11) is -1.72. The smallest absolute Gasteiger partial charge is 0.191 e. The van der Waals surface area contributed by atoms with Gasteiger partial charge in [-0.05, 0) is 60.6 Å². The van der Waals surface area contributed by atoms with E-state index in [1.807, 2.05) is 0 Å². The molecule has 2 fully saturated rings. The number of ketones is 1. The number of carbonyl (C=O) groups is 1. The molecule has 0 aromatic heterocycles. The topological polar surface area (TPSA) is 26.3 Å². The molecule has 0 unspecified atom stereocenters. The highest BCUT2D eigenvalue weighted by molar-refractivity contribution is 6.74. The summed E-state index contributed by atoms with van der Waals surface area (Å²) in [5.41, 5.74) is 0.570. The predicted molar refractivity (Wildman–Crippen MR) is 105 cm³/mol. The molecule has 0 heterocycles. The average molecular weight is 353 g/mol. The van der Waals surface area contributed by atoms with Crippen LogP contribution in [0.1, 0.15) is 80.1 Å². The molecular weight excluding hydrogens is 312 g/mol. The molecule has 24 heavy (non-hydrogen) atoms. The summed E-state index contributed by atoms with van der Waals surface area (Å²) in [5, 5.41) is 0.239. The maximum atomic E-state index is 12.8. The van der Waals surface area contributed by atoms with E-state index in [4.69, 9.17) is 4.43 Å². The Kier molecular flexibility index (Phi) is 5.49. The van der Waals surface area contributed by atoms with Crippen LogP contribution in [0.15, 0.2) is 0 Å². The lowest BCUT2D eigenvalue weighted by molar-refractivity contribution is -0.144. The van der Waals surface area contributed by atoms with Crippen LogP contribution in [0.3, 0.4) is 0 Å². The second-order valence-corrected chi connectivity index (χ2v) is 15.7. The lowest BCUT2D eigenvalue weighted by atomic mass is 9.48. The van der Waals surface area contributed by atoms with Crippen molar-refractivity contribution in [3.8, 4) is 0 Å². The minimum atomic E-state index is -1.72. The number of rotatable bonds is 4. The van der Waals surface area contributed by atoms with Gasteiger partial charge in [-0.15, -0.1) is 0 Å². The molecule has 2 nitrogen and oxygen atoms in total. The molecular formula is C21H40O2Si. The highest BCUT2D eigenvalue weighted by Crippen LogP contribution is 2.59.